The van der Waals surface area contributed by atoms with Crippen LogP contribution in [0.25, 0.3) is 0 Å². The van der Waals surface area contributed by atoms with Gasteiger partial charge < -0.3 is 29.6 Å². The van der Waals surface area contributed by atoms with E-state index in [-0.39, 0.29) is 43.5 Å². The third-order valence-corrected chi connectivity index (χ3v) is 4.79. The number of alkyl carbamates (subject to hydrolysis) is 2. The maximum Gasteiger partial charge on any atom is 0.407 e. The lowest BCUT2D eigenvalue weighted by molar-refractivity contribution is -0.140. The van der Waals surface area contributed by atoms with Crippen LogP contribution in [0.2, 0.25) is 0 Å². The zero-order valence-electron chi connectivity index (χ0n) is 20.4. The molecule has 2 amide bonds. The highest BCUT2D eigenvalue weighted by atomic mass is 16.6. The summed E-state index contributed by atoms with van der Waals surface area (Å²) in [5, 5.41) is 5.45. The Balaban J connectivity index is 3.95. The second-order valence-electron chi connectivity index (χ2n) is 8.27. The predicted octanol–water partition coefficient (Wildman–Crippen LogP) is 3.26. The summed E-state index contributed by atoms with van der Waals surface area (Å²) in [5.41, 5.74) is 0.0487. The number of carbonyl (C=O) groups is 4. The molecule has 0 saturated heterocycles. The second kappa shape index (κ2) is 15.7. The summed E-state index contributed by atoms with van der Waals surface area (Å²) in [7, 11) is 0. The molecule has 0 aliphatic carbocycles. The normalized spacial score (nSPS) is 11.5. The zero-order chi connectivity index (χ0) is 25.4. The van der Waals surface area contributed by atoms with E-state index in [1.807, 2.05) is 20.8 Å². The van der Waals surface area contributed by atoms with Crippen LogP contribution in [0.5, 0.6) is 0 Å². The molecule has 0 aromatic carbocycles. The lowest BCUT2D eigenvalue weighted by Crippen LogP contribution is -2.48. The van der Waals surface area contributed by atoms with Crippen molar-refractivity contribution in [3.8, 4) is 0 Å². The number of esters is 2. The van der Waals surface area contributed by atoms with Gasteiger partial charge in [-0.1, -0.05) is 26.5 Å². The number of nitrogens with one attached hydrogen (secondary N) is 2. The number of carbonyl (C=O) groups excluding carboxylic acids is 4. The van der Waals surface area contributed by atoms with Gasteiger partial charge in [-0.25, -0.2) is 19.2 Å². The largest absolute Gasteiger partial charge is 0.459 e. The van der Waals surface area contributed by atoms with Crippen molar-refractivity contribution in [1.29, 1.82) is 0 Å². The van der Waals surface area contributed by atoms with Crippen molar-refractivity contribution in [1.82, 2.24) is 10.6 Å². The average Bonchev–Trinajstić information content (AvgIpc) is 2.72. The van der Waals surface area contributed by atoms with E-state index in [1.165, 1.54) is 13.8 Å². The molecule has 10 heteroatoms. The molecule has 0 fully saturated rings. The number of amides is 2. The smallest absolute Gasteiger partial charge is 0.407 e. The molecule has 0 radical (unpaired) electrons. The van der Waals surface area contributed by atoms with Crippen molar-refractivity contribution in [3.05, 3.63) is 24.3 Å². The molecule has 0 aliphatic heterocycles. The Kier molecular flexibility index (Phi) is 14.3. The Morgan fingerprint density at radius 2 is 1.24 bits per heavy atom. The van der Waals surface area contributed by atoms with Gasteiger partial charge in [-0.15, -0.1) is 0 Å². The Morgan fingerprint density at radius 3 is 1.73 bits per heavy atom. The van der Waals surface area contributed by atoms with Crippen LogP contribution in [0.3, 0.4) is 0 Å². The van der Waals surface area contributed by atoms with E-state index in [9.17, 15) is 19.2 Å². The van der Waals surface area contributed by atoms with Gasteiger partial charge in [0.1, 0.15) is 26.4 Å². The molecule has 2 N–H and O–H groups in total. The molecule has 0 bridgehead atoms. The topological polar surface area (TPSA) is 129 Å². The van der Waals surface area contributed by atoms with E-state index < -0.39 is 29.7 Å². The van der Waals surface area contributed by atoms with Gasteiger partial charge in [0.2, 0.25) is 0 Å². The summed E-state index contributed by atoms with van der Waals surface area (Å²) in [6.07, 6.45) is 1.22. The van der Waals surface area contributed by atoms with Gasteiger partial charge in [-0.05, 0) is 46.5 Å². The molecule has 1 atom stereocenters. The Morgan fingerprint density at radius 1 is 0.788 bits per heavy atom. The standard InChI is InChI=1S/C23H38N2O8/c1-16(2)19(26)30-12-14-32-21(28)24-11-9-8-10-18(5)23(6,7)25-22(29)33-15-13-31-20(27)17(3)4/h18H,1,3,8-15H2,2,4-7H3,(H,24,28)(H,25,29). The summed E-state index contributed by atoms with van der Waals surface area (Å²) in [5.74, 6) is -0.913. The van der Waals surface area contributed by atoms with Crippen LogP contribution in [-0.2, 0) is 28.5 Å². The van der Waals surface area contributed by atoms with E-state index in [0.717, 1.165) is 19.3 Å². The zero-order valence-corrected chi connectivity index (χ0v) is 20.4. The molecule has 0 aliphatic rings. The maximum atomic E-state index is 12.0. The van der Waals surface area contributed by atoms with Crippen LogP contribution in [0.15, 0.2) is 24.3 Å². The first-order chi connectivity index (χ1) is 15.4. The summed E-state index contributed by atoms with van der Waals surface area (Å²) < 4.78 is 19.6. The number of hydrogen-bond donors (Lipinski definition) is 2. The van der Waals surface area contributed by atoms with Gasteiger partial charge in [0, 0.05) is 23.2 Å². The fourth-order valence-electron chi connectivity index (χ4n) is 2.38. The molecule has 188 valence electrons. The summed E-state index contributed by atoms with van der Waals surface area (Å²) in [6.45, 7) is 16.1. The number of ether oxygens (including phenoxy) is 4. The van der Waals surface area contributed by atoms with Crippen LogP contribution in [-0.4, -0.2) is 62.6 Å². The van der Waals surface area contributed by atoms with Crippen molar-refractivity contribution < 1.29 is 38.1 Å². The monoisotopic (exact) mass is 470 g/mol. The SMILES string of the molecule is C=C(C)C(=O)OCCOC(=O)NCCCCC(C)C(C)(C)NC(=O)OCCOC(=O)C(=C)C. The maximum absolute atomic E-state index is 12.0. The van der Waals surface area contributed by atoms with Gasteiger partial charge in [-0.3, -0.25) is 0 Å². The van der Waals surface area contributed by atoms with E-state index in [0.29, 0.717) is 6.54 Å². The summed E-state index contributed by atoms with van der Waals surface area (Å²) >= 11 is 0. The fraction of sp³-hybridized carbons (Fsp3) is 0.652. The molecule has 0 spiro atoms. The molecule has 0 aromatic heterocycles. The van der Waals surface area contributed by atoms with E-state index >= 15 is 0 Å². The highest BCUT2D eigenvalue weighted by molar-refractivity contribution is 5.87. The van der Waals surface area contributed by atoms with Crippen molar-refractivity contribution in [2.75, 3.05) is 33.0 Å². The molecule has 0 saturated carbocycles. The van der Waals surface area contributed by atoms with Crippen molar-refractivity contribution in [2.24, 2.45) is 5.92 Å². The van der Waals surface area contributed by atoms with E-state index in [1.54, 1.807) is 0 Å². The van der Waals surface area contributed by atoms with Crippen LogP contribution < -0.4 is 10.6 Å². The third kappa shape index (κ3) is 14.6. The summed E-state index contributed by atoms with van der Waals surface area (Å²) in [4.78, 5) is 46.0. The fourth-order valence-corrected chi connectivity index (χ4v) is 2.38. The average molecular weight is 471 g/mol. The van der Waals surface area contributed by atoms with Crippen molar-refractivity contribution >= 4 is 24.1 Å². The quantitative estimate of drug-likeness (QED) is 0.161. The minimum atomic E-state index is -0.587. The van der Waals surface area contributed by atoms with E-state index in [4.69, 9.17) is 18.9 Å². The first kappa shape index (κ1) is 30.0. The van der Waals surface area contributed by atoms with Crippen LogP contribution in [0.4, 0.5) is 9.59 Å². The van der Waals surface area contributed by atoms with Gasteiger partial charge in [-0.2, -0.15) is 0 Å². The van der Waals surface area contributed by atoms with E-state index in [2.05, 4.69) is 23.8 Å². The lowest BCUT2D eigenvalue weighted by Gasteiger charge is -2.32. The molecule has 0 aromatic rings. The second-order valence-corrected chi connectivity index (χ2v) is 8.27. The molecule has 33 heavy (non-hydrogen) atoms. The summed E-state index contributed by atoms with van der Waals surface area (Å²) in [6, 6.07) is 0. The highest BCUT2D eigenvalue weighted by Gasteiger charge is 2.28. The van der Waals surface area contributed by atoms with Crippen LogP contribution in [0, 0.1) is 5.92 Å². The predicted molar refractivity (Wildman–Crippen MR) is 122 cm³/mol. The van der Waals surface area contributed by atoms with Crippen LogP contribution >= 0.6 is 0 Å². The number of unbranched alkanes of at least 4 members (excludes halogenated alkanes) is 1. The van der Waals surface area contributed by atoms with Gasteiger partial charge in [0.25, 0.3) is 0 Å². The molecular weight excluding hydrogens is 432 g/mol. The molecule has 0 heterocycles. The van der Waals surface area contributed by atoms with Crippen molar-refractivity contribution in [2.45, 2.75) is 59.4 Å². The minimum Gasteiger partial charge on any atom is -0.459 e. The molecule has 0 rings (SSSR count). The third-order valence-electron chi connectivity index (χ3n) is 4.79. The number of rotatable bonds is 15. The molecule has 1 unspecified atom stereocenters. The first-order valence-corrected chi connectivity index (χ1v) is 10.9. The number of hydrogen-bond acceptors (Lipinski definition) is 8. The highest BCUT2D eigenvalue weighted by Crippen LogP contribution is 2.22. The van der Waals surface area contributed by atoms with Gasteiger partial charge >= 0.3 is 24.1 Å². The Hall–Kier alpha value is -3.04. The van der Waals surface area contributed by atoms with Crippen LogP contribution in [0.1, 0.15) is 53.9 Å². The Bertz CT molecular complexity index is 703. The van der Waals surface area contributed by atoms with Gasteiger partial charge in [0.15, 0.2) is 0 Å². The molecular formula is C23H38N2O8. The molecule has 10 nitrogen and oxygen atoms in total. The first-order valence-electron chi connectivity index (χ1n) is 10.9. The minimum absolute atomic E-state index is 0.0270. The van der Waals surface area contributed by atoms with Gasteiger partial charge in [0.05, 0.1) is 0 Å². The van der Waals surface area contributed by atoms with Crippen molar-refractivity contribution in [3.63, 3.8) is 0 Å². The Labute approximate surface area is 196 Å². The lowest BCUT2D eigenvalue weighted by atomic mass is 9.85.